The van der Waals surface area contributed by atoms with Crippen molar-refractivity contribution >= 4 is 11.6 Å². The van der Waals surface area contributed by atoms with E-state index >= 15 is 0 Å². The molecule has 0 spiro atoms. The third-order valence-corrected chi connectivity index (χ3v) is 2.96. The molecular formula is C13H22N4O. The van der Waals surface area contributed by atoms with Gasteiger partial charge in [-0.05, 0) is 25.8 Å². The highest BCUT2D eigenvalue weighted by Gasteiger charge is 2.15. The van der Waals surface area contributed by atoms with Gasteiger partial charge < -0.3 is 16.8 Å². The van der Waals surface area contributed by atoms with Gasteiger partial charge in [0.2, 0.25) is 0 Å². The standard InChI is InChI=1S/C13H22N4O/c1-7(2)10(14)6-16-11-5-8(3)17-9(4)12(11)13(15)18/h5,7,10H,6,14H2,1-4H3,(H2,15,18)(H,16,17). The number of aryl methyl sites for hydroxylation is 2. The fourth-order valence-corrected chi connectivity index (χ4v) is 1.74. The molecule has 1 aromatic heterocycles. The quantitative estimate of drug-likeness (QED) is 0.731. The fraction of sp³-hybridized carbons (Fsp3) is 0.538. The summed E-state index contributed by atoms with van der Waals surface area (Å²) in [4.78, 5) is 15.7. The molecule has 1 rings (SSSR count). The third-order valence-electron chi connectivity index (χ3n) is 2.96. The van der Waals surface area contributed by atoms with Crippen LogP contribution in [0.4, 0.5) is 5.69 Å². The van der Waals surface area contributed by atoms with Crippen LogP contribution in [0.2, 0.25) is 0 Å². The summed E-state index contributed by atoms with van der Waals surface area (Å²) in [7, 11) is 0. The van der Waals surface area contributed by atoms with Gasteiger partial charge in [0.05, 0.1) is 16.9 Å². The molecule has 0 aliphatic rings. The van der Waals surface area contributed by atoms with Gasteiger partial charge in [-0.15, -0.1) is 0 Å². The van der Waals surface area contributed by atoms with Gasteiger partial charge in [0.1, 0.15) is 0 Å². The maximum atomic E-state index is 11.4. The molecule has 1 aromatic rings. The molecule has 0 radical (unpaired) electrons. The van der Waals surface area contributed by atoms with Gasteiger partial charge in [0.25, 0.3) is 5.91 Å². The molecule has 1 amide bonds. The van der Waals surface area contributed by atoms with Crippen molar-refractivity contribution in [3.8, 4) is 0 Å². The van der Waals surface area contributed by atoms with Crippen LogP contribution in [0.1, 0.15) is 35.6 Å². The lowest BCUT2D eigenvalue weighted by atomic mass is 10.0. The highest BCUT2D eigenvalue weighted by Crippen LogP contribution is 2.19. The molecule has 1 heterocycles. The summed E-state index contributed by atoms with van der Waals surface area (Å²) in [6.45, 7) is 8.38. The van der Waals surface area contributed by atoms with E-state index in [0.717, 1.165) is 5.69 Å². The van der Waals surface area contributed by atoms with Gasteiger partial charge in [0, 0.05) is 18.3 Å². The molecule has 0 fully saturated rings. The second kappa shape index (κ2) is 5.82. The topological polar surface area (TPSA) is 94.0 Å². The molecule has 0 aliphatic heterocycles. The summed E-state index contributed by atoms with van der Waals surface area (Å²) in [5.74, 6) is -0.0980. The van der Waals surface area contributed by atoms with Gasteiger partial charge in [-0.25, -0.2) is 0 Å². The number of hydrogen-bond acceptors (Lipinski definition) is 4. The van der Waals surface area contributed by atoms with Crippen LogP contribution in [-0.4, -0.2) is 23.5 Å². The van der Waals surface area contributed by atoms with Crippen LogP contribution in [0, 0.1) is 19.8 Å². The number of nitrogens with two attached hydrogens (primary N) is 2. The highest BCUT2D eigenvalue weighted by molar-refractivity contribution is 5.99. The van der Waals surface area contributed by atoms with Crippen LogP contribution in [0.5, 0.6) is 0 Å². The zero-order valence-electron chi connectivity index (χ0n) is 11.4. The third kappa shape index (κ3) is 3.43. The Labute approximate surface area is 108 Å². The summed E-state index contributed by atoms with van der Waals surface area (Å²) in [5.41, 5.74) is 14.0. The first-order chi connectivity index (χ1) is 8.32. The molecule has 0 bridgehead atoms. The van der Waals surface area contributed by atoms with Gasteiger partial charge in [-0.1, -0.05) is 13.8 Å². The largest absolute Gasteiger partial charge is 0.383 e. The summed E-state index contributed by atoms with van der Waals surface area (Å²) < 4.78 is 0. The first kappa shape index (κ1) is 14.4. The van der Waals surface area contributed by atoms with E-state index in [1.807, 2.05) is 13.0 Å². The molecule has 0 saturated heterocycles. The van der Waals surface area contributed by atoms with Crippen molar-refractivity contribution in [1.82, 2.24) is 4.98 Å². The van der Waals surface area contributed by atoms with Crippen LogP contribution in [0.15, 0.2) is 6.07 Å². The SMILES string of the molecule is Cc1cc(NCC(N)C(C)C)c(C(N)=O)c(C)n1. The van der Waals surface area contributed by atoms with E-state index < -0.39 is 5.91 Å². The number of nitrogens with zero attached hydrogens (tertiary/aromatic N) is 1. The van der Waals surface area contributed by atoms with Crippen molar-refractivity contribution in [3.05, 3.63) is 23.0 Å². The molecular weight excluding hydrogens is 228 g/mol. The molecule has 5 heteroatoms. The monoisotopic (exact) mass is 250 g/mol. The predicted octanol–water partition coefficient (Wildman–Crippen LogP) is 1.19. The number of primary amides is 1. The van der Waals surface area contributed by atoms with Crippen molar-refractivity contribution in [2.45, 2.75) is 33.7 Å². The molecule has 5 nitrogen and oxygen atoms in total. The molecule has 5 N–H and O–H groups in total. The molecule has 0 aliphatic carbocycles. The van der Waals surface area contributed by atoms with Gasteiger partial charge >= 0.3 is 0 Å². The molecule has 100 valence electrons. The molecule has 18 heavy (non-hydrogen) atoms. The van der Waals surface area contributed by atoms with E-state index in [4.69, 9.17) is 11.5 Å². The first-order valence-electron chi connectivity index (χ1n) is 6.10. The summed E-state index contributed by atoms with van der Waals surface area (Å²) in [6, 6.07) is 1.85. The maximum absolute atomic E-state index is 11.4. The van der Waals surface area contributed by atoms with E-state index in [2.05, 4.69) is 24.1 Å². The lowest BCUT2D eigenvalue weighted by molar-refractivity contribution is 0.1000. The van der Waals surface area contributed by atoms with Crippen molar-refractivity contribution in [2.75, 3.05) is 11.9 Å². The van der Waals surface area contributed by atoms with Gasteiger partial charge in [-0.3, -0.25) is 9.78 Å². The highest BCUT2D eigenvalue weighted by atomic mass is 16.1. The van der Waals surface area contributed by atoms with E-state index in [-0.39, 0.29) is 6.04 Å². The first-order valence-corrected chi connectivity index (χ1v) is 6.10. The number of nitrogens with one attached hydrogen (secondary N) is 1. The summed E-state index contributed by atoms with van der Waals surface area (Å²) in [6.07, 6.45) is 0. The minimum Gasteiger partial charge on any atom is -0.383 e. The lowest BCUT2D eigenvalue weighted by Crippen LogP contribution is -2.34. The summed E-state index contributed by atoms with van der Waals surface area (Å²) >= 11 is 0. The lowest BCUT2D eigenvalue weighted by Gasteiger charge is -2.19. The molecule has 1 unspecified atom stereocenters. The molecule has 0 saturated carbocycles. The maximum Gasteiger partial charge on any atom is 0.252 e. The zero-order valence-corrected chi connectivity index (χ0v) is 11.4. The second-order valence-corrected chi connectivity index (χ2v) is 4.92. The van der Waals surface area contributed by atoms with Crippen LogP contribution >= 0.6 is 0 Å². The van der Waals surface area contributed by atoms with Gasteiger partial charge in [-0.2, -0.15) is 0 Å². The van der Waals surface area contributed by atoms with Crippen molar-refractivity contribution in [1.29, 1.82) is 0 Å². The van der Waals surface area contributed by atoms with E-state index in [0.29, 0.717) is 29.4 Å². The Morgan fingerprint density at radius 1 is 1.44 bits per heavy atom. The van der Waals surface area contributed by atoms with Crippen molar-refractivity contribution in [3.63, 3.8) is 0 Å². The second-order valence-electron chi connectivity index (χ2n) is 4.92. The number of amides is 1. The minimum absolute atomic E-state index is 0.0273. The normalized spacial score (nSPS) is 12.6. The Bertz CT molecular complexity index is 443. The average Bonchev–Trinajstić information content (AvgIpc) is 2.23. The van der Waals surface area contributed by atoms with E-state index in [1.165, 1.54) is 0 Å². The number of rotatable bonds is 5. The Kier molecular flexibility index (Phi) is 4.67. The number of carbonyl (C=O) groups excluding carboxylic acids is 1. The Hall–Kier alpha value is -1.62. The molecule has 0 aromatic carbocycles. The Morgan fingerprint density at radius 3 is 2.56 bits per heavy atom. The number of carbonyl (C=O) groups is 1. The number of aromatic nitrogens is 1. The smallest absolute Gasteiger partial charge is 0.252 e. The Balaban J connectivity index is 2.97. The minimum atomic E-state index is -0.472. The molecule has 1 atom stereocenters. The van der Waals surface area contributed by atoms with Gasteiger partial charge in [0.15, 0.2) is 0 Å². The van der Waals surface area contributed by atoms with E-state index in [1.54, 1.807) is 6.92 Å². The number of anilines is 1. The predicted molar refractivity (Wildman–Crippen MR) is 73.5 cm³/mol. The van der Waals surface area contributed by atoms with Crippen LogP contribution in [0.25, 0.3) is 0 Å². The van der Waals surface area contributed by atoms with Crippen LogP contribution in [-0.2, 0) is 0 Å². The Morgan fingerprint density at radius 2 is 2.06 bits per heavy atom. The van der Waals surface area contributed by atoms with Crippen LogP contribution < -0.4 is 16.8 Å². The summed E-state index contributed by atoms with van der Waals surface area (Å²) in [5, 5.41) is 3.19. The van der Waals surface area contributed by atoms with Crippen molar-refractivity contribution in [2.24, 2.45) is 17.4 Å². The zero-order chi connectivity index (χ0) is 13.9. The van der Waals surface area contributed by atoms with Crippen molar-refractivity contribution < 1.29 is 4.79 Å². The average molecular weight is 250 g/mol. The fourth-order valence-electron chi connectivity index (χ4n) is 1.74. The number of pyridine rings is 1. The van der Waals surface area contributed by atoms with Crippen LogP contribution in [0.3, 0.4) is 0 Å². The number of hydrogen-bond donors (Lipinski definition) is 3. The van der Waals surface area contributed by atoms with E-state index in [9.17, 15) is 4.79 Å².